The van der Waals surface area contributed by atoms with Crippen LogP contribution in [0.15, 0.2) is 6.07 Å². The zero-order valence-electron chi connectivity index (χ0n) is 12.1. The Labute approximate surface area is 122 Å². The average Bonchev–Trinajstić information content (AvgIpc) is 3.02. The summed E-state index contributed by atoms with van der Waals surface area (Å²) in [4.78, 5) is 14.7. The number of halogens is 1. The van der Waals surface area contributed by atoms with Crippen molar-refractivity contribution in [3.63, 3.8) is 0 Å². The van der Waals surface area contributed by atoms with Gasteiger partial charge in [-0.05, 0) is 38.4 Å². The first-order valence-electron chi connectivity index (χ1n) is 7.07. The molecule has 0 aliphatic carbocycles. The number of amides is 1. The molecule has 2 aromatic rings. The van der Waals surface area contributed by atoms with Crippen molar-refractivity contribution < 1.29 is 9.18 Å². The quantitative estimate of drug-likeness (QED) is 0.695. The summed E-state index contributed by atoms with van der Waals surface area (Å²) in [5, 5.41) is 7.22. The highest BCUT2D eigenvalue weighted by Gasteiger charge is 2.22. The van der Waals surface area contributed by atoms with Gasteiger partial charge in [-0.25, -0.2) is 4.39 Å². The second-order valence-corrected chi connectivity index (χ2v) is 5.60. The number of rotatable bonds is 3. The fourth-order valence-electron chi connectivity index (χ4n) is 2.94. The number of carbonyl (C=O) groups is 1. The molecule has 1 fully saturated rings. The van der Waals surface area contributed by atoms with Crippen LogP contribution in [0.3, 0.4) is 0 Å². The van der Waals surface area contributed by atoms with Crippen LogP contribution in [-0.4, -0.2) is 30.0 Å². The molecular weight excluding hydrogens is 271 g/mol. The highest BCUT2D eigenvalue weighted by molar-refractivity contribution is 6.10. The van der Waals surface area contributed by atoms with Gasteiger partial charge in [0.1, 0.15) is 5.82 Å². The zero-order valence-corrected chi connectivity index (χ0v) is 12.1. The predicted octanol–water partition coefficient (Wildman–Crippen LogP) is 1.80. The van der Waals surface area contributed by atoms with Gasteiger partial charge in [-0.2, -0.15) is 0 Å². The Morgan fingerprint density at radius 2 is 2.24 bits per heavy atom. The van der Waals surface area contributed by atoms with Crippen molar-refractivity contribution in [2.24, 2.45) is 5.73 Å². The smallest absolute Gasteiger partial charge is 0.250 e. The number of aromatic nitrogens is 1. The third kappa shape index (κ3) is 2.25. The number of fused-ring (bicyclic) bond motifs is 1. The molecule has 1 aromatic heterocycles. The van der Waals surface area contributed by atoms with Gasteiger partial charge in [-0.15, -0.1) is 0 Å². The van der Waals surface area contributed by atoms with Gasteiger partial charge in [0.05, 0.1) is 16.8 Å². The molecule has 0 saturated carbocycles. The van der Waals surface area contributed by atoms with Crippen LogP contribution in [0.4, 0.5) is 10.1 Å². The number of nitrogens with one attached hydrogen (secondary N) is 3. The predicted molar refractivity (Wildman–Crippen MR) is 81.1 cm³/mol. The molecule has 1 aliphatic heterocycles. The number of anilines is 1. The lowest BCUT2D eigenvalue weighted by molar-refractivity contribution is 0.100. The summed E-state index contributed by atoms with van der Waals surface area (Å²) in [6.45, 7) is 5.54. The number of hydrogen-bond acceptors (Lipinski definition) is 3. The number of benzene rings is 1. The van der Waals surface area contributed by atoms with E-state index < -0.39 is 11.7 Å². The minimum atomic E-state index is -0.630. The molecule has 0 unspecified atom stereocenters. The van der Waals surface area contributed by atoms with Crippen LogP contribution in [0.25, 0.3) is 10.9 Å². The van der Waals surface area contributed by atoms with Gasteiger partial charge >= 0.3 is 0 Å². The number of nitrogens with two attached hydrogens (primary N) is 1. The summed E-state index contributed by atoms with van der Waals surface area (Å²) < 4.78 is 14.5. The van der Waals surface area contributed by atoms with Gasteiger partial charge in [0.2, 0.25) is 0 Å². The molecule has 1 aliphatic rings. The third-order valence-corrected chi connectivity index (χ3v) is 4.20. The maximum Gasteiger partial charge on any atom is 0.250 e. The lowest BCUT2D eigenvalue weighted by Crippen LogP contribution is -2.23. The molecule has 2 heterocycles. The van der Waals surface area contributed by atoms with Gasteiger partial charge in [0.25, 0.3) is 5.91 Å². The second-order valence-electron chi connectivity index (χ2n) is 5.60. The highest BCUT2D eigenvalue weighted by Crippen LogP contribution is 2.34. The molecule has 0 radical (unpaired) electrons. The molecule has 0 bridgehead atoms. The van der Waals surface area contributed by atoms with Crippen molar-refractivity contribution >= 4 is 22.5 Å². The van der Waals surface area contributed by atoms with E-state index in [2.05, 4.69) is 15.6 Å². The van der Waals surface area contributed by atoms with Crippen molar-refractivity contribution in [2.75, 3.05) is 18.4 Å². The van der Waals surface area contributed by atoms with E-state index in [0.717, 1.165) is 30.8 Å². The van der Waals surface area contributed by atoms with E-state index in [1.54, 1.807) is 0 Å². The van der Waals surface area contributed by atoms with Crippen LogP contribution in [0.5, 0.6) is 0 Å². The van der Waals surface area contributed by atoms with Crippen LogP contribution >= 0.6 is 0 Å². The van der Waals surface area contributed by atoms with Crippen LogP contribution in [0, 0.1) is 19.7 Å². The van der Waals surface area contributed by atoms with E-state index in [0.29, 0.717) is 16.6 Å². The van der Waals surface area contributed by atoms with E-state index in [-0.39, 0.29) is 11.6 Å². The lowest BCUT2D eigenvalue weighted by atomic mass is 10.0. The van der Waals surface area contributed by atoms with Crippen LogP contribution in [-0.2, 0) is 0 Å². The Hall–Kier alpha value is -2.08. The monoisotopic (exact) mass is 290 g/mol. The van der Waals surface area contributed by atoms with E-state index in [9.17, 15) is 9.18 Å². The minimum absolute atomic E-state index is 0.189. The molecule has 1 saturated heterocycles. The lowest BCUT2D eigenvalue weighted by Gasteiger charge is -2.16. The Kier molecular flexibility index (Phi) is 3.33. The minimum Gasteiger partial charge on any atom is -0.378 e. The Morgan fingerprint density at radius 1 is 1.48 bits per heavy atom. The van der Waals surface area contributed by atoms with Crippen molar-refractivity contribution in [1.29, 1.82) is 0 Å². The standard InChI is InChI=1S/C15H19FN4O/c1-7-8(2)19-13-10(15(17)21)5-11(16)14(12(7)13)20-9-3-4-18-6-9/h5,9,18-20H,3-4,6H2,1-2H3,(H2,17,21)/t9-/m0/s1. The number of hydrogen-bond donors (Lipinski definition) is 4. The first-order valence-corrected chi connectivity index (χ1v) is 7.07. The fraction of sp³-hybridized carbons (Fsp3) is 0.400. The summed E-state index contributed by atoms with van der Waals surface area (Å²) in [7, 11) is 0. The van der Waals surface area contributed by atoms with E-state index in [1.165, 1.54) is 6.07 Å². The number of H-pyrrole nitrogens is 1. The fourth-order valence-corrected chi connectivity index (χ4v) is 2.94. The van der Waals surface area contributed by atoms with Crippen LogP contribution in [0.2, 0.25) is 0 Å². The normalized spacial score (nSPS) is 18.3. The van der Waals surface area contributed by atoms with Crippen LogP contribution < -0.4 is 16.4 Å². The van der Waals surface area contributed by atoms with Gasteiger partial charge in [0.15, 0.2) is 0 Å². The molecule has 3 rings (SSSR count). The molecule has 6 heteroatoms. The number of aryl methyl sites for hydroxylation is 2. The third-order valence-electron chi connectivity index (χ3n) is 4.20. The Balaban J connectivity index is 2.21. The highest BCUT2D eigenvalue weighted by atomic mass is 19.1. The molecule has 21 heavy (non-hydrogen) atoms. The molecular formula is C15H19FN4O. The molecule has 1 atom stereocenters. The SMILES string of the molecule is Cc1[nH]c2c(C(N)=O)cc(F)c(N[C@H]3CCNC3)c2c1C. The molecule has 1 amide bonds. The summed E-state index contributed by atoms with van der Waals surface area (Å²) >= 11 is 0. The van der Waals surface area contributed by atoms with Gasteiger partial charge in [0, 0.05) is 23.7 Å². The maximum absolute atomic E-state index is 14.5. The van der Waals surface area contributed by atoms with Gasteiger partial charge < -0.3 is 21.4 Å². The summed E-state index contributed by atoms with van der Waals surface area (Å²) in [6.07, 6.45) is 0.945. The van der Waals surface area contributed by atoms with E-state index >= 15 is 0 Å². The largest absolute Gasteiger partial charge is 0.378 e. The van der Waals surface area contributed by atoms with Crippen molar-refractivity contribution in [2.45, 2.75) is 26.3 Å². The van der Waals surface area contributed by atoms with E-state index in [1.807, 2.05) is 13.8 Å². The number of aromatic amines is 1. The first kappa shape index (κ1) is 13.9. The van der Waals surface area contributed by atoms with Crippen LogP contribution in [0.1, 0.15) is 28.0 Å². The molecule has 0 spiro atoms. The second kappa shape index (κ2) is 5.04. The molecule has 5 N–H and O–H groups in total. The summed E-state index contributed by atoms with van der Waals surface area (Å²) in [5.74, 6) is -1.07. The first-order chi connectivity index (χ1) is 9.99. The van der Waals surface area contributed by atoms with E-state index in [4.69, 9.17) is 5.73 Å². The number of carbonyl (C=O) groups excluding carboxylic acids is 1. The average molecular weight is 290 g/mol. The van der Waals surface area contributed by atoms with Gasteiger partial charge in [-0.1, -0.05) is 0 Å². The topological polar surface area (TPSA) is 82.9 Å². The molecule has 5 nitrogen and oxygen atoms in total. The molecule has 112 valence electrons. The zero-order chi connectivity index (χ0) is 15.1. The number of primary amides is 1. The Bertz CT molecular complexity index is 716. The van der Waals surface area contributed by atoms with Gasteiger partial charge in [-0.3, -0.25) is 4.79 Å². The summed E-state index contributed by atoms with van der Waals surface area (Å²) in [5.41, 5.74) is 8.45. The maximum atomic E-state index is 14.5. The Morgan fingerprint density at radius 3 is 2.86 bits per heavy atom. The van der Waals surface area contributed by atoms with Crippen molar-refractivity contribution in [3.8, 4) is 0 Å². The summed E-state index contributed by atoms with van der Waals surface area (Å²) in [6, 6.07) is 1.40. The molecule has 1 aromatic carbocycles. The van der Waals surface area contributed by atoms with Crippen molar-refractivity contribution in [1.82, 2.24) is 10.3 Å². The van der Waals surface area contributed by atoms with Crippen molar-refractivity contribution in [3.05, 3.63) is 28.7 Å².